The highest BCUT2D eigenvalue weighted by atomic mass is 14.7. The van der Waals surface area contributed by atoms with Crippen molar-refractivity contribution >= 4 is 5.71 Å². The highest BCUT2D eigenvalue weighted by Crippen LogP contribution is 2.29. The van der Waals surface area contributed by atoms with Gasteiger partial charge in [0.1, 0.15) is 0 Å². The largest absolute Gasteiger partial charge is 0.292 e. The van der Waals surface area contributed by atoms with Crippen molar-refractivity contribution in [2.24, 2.45) is 22.2 Å². The highest BCUT2D eigenvalue weighted by Gasteiger charge is 2.20. The first-order valence-electron chi connectivity index (χ1n) is 20.9. The molecule has 1 saturated carbocycles. The maximum atomic E-state index is 4.56. The molecule has 1 atom stereocenters. The first-order chi connectivity index (χ1) is 25.5. The summed E-state index contributed by atoms with van der Waals surface area (Å²) in [5, 5.41) is 0. The van der Waals surface area contributed by atoms with Gasteiger partial charge in [-0.15, -0.1) is 19.7 Å². The van der Waals surface area contributed by atoms with E-state index in [9.17, 15) is 0 Å². The Balaban J connectivity index is -0.000000664. The third kappa shape index (κ3) is 31.0. The molecule has 0 heterocycles. The van der Waals surface area contributed by atoms with E-state index in [0.717, 1.165) is 24.0 Å². The van der Waals surface area contributed by atoms with Crippen LogP contribution in [0.5, 0.6) is 0 Å². The topological polar surface area (TPSA) is 12.4 Å². The Kier molecular flexibility index (Phi) is 35.8. The molecular weight excluding hydrogens is 651 g/mol. The lowest BCUT2D eigenvalue weighted by atomic mass is 9.82. The standard InChI is InChI=1S/C19H26.C15H21N.C8H18.C5H10.2C3H6/c1-6-9-18-13-12-17(5)19(14-18)11-8-7-10-16(4)15(2)3;1-12-8-6-7-11-14(12)15(16-2)13-9-4-3-5-10-13;1-5-6-7-8(2,3)4;1-4-5(2)3;2*1-3-2/h7-8,10-11,13-14,17H,2,4,6,9,12H2,1,3,5H3;6-8,11,13H,3-5,9-10H2,1-2H3;5-7H2,1-4H3;2,4H2,1,3H3;2*3H,1H2,2H3/b10-7-,11-8+;;;;;. The van der Waals surface area contributed by atoms with Crippen molar-refractivity contribution in [2.75, 3.05) is 7.05 Å². The zero-order valence-electron chi connectivity index (χ0n) is 38.1. The molecule has 0 bridgehead atoms. The number of aliphatic imine (C=N–C) groups is 1. The summed E-state index contributed by atoms with van der Waals surface area (Å²) in [6.45, 7) is 43.9. The van der Waals surface area contributed by atoms with Crippen LogP contribution in [0.15, 0.2) is 139 Å². The van der Waals surface area contributed by atoms with Gasteiger partial charge in [-0.3, -0.25) is 4.99 Å². The molecule has 2 aliphatic rings. The number of hydrogen-bond donors (Lipinski definition) is 0. The zero-order valence-corrected chi connectivity index (χ0v) is 38.1. The Morgan fingerprint density at radius 1 is 0.889 bits per heavy atom. The lowest BCUT2D eigenvalue weighted by Crippen LogP contribution is -2.19. The molecule has 304 valence electrons. The fourth-order valence-corrected chi connectivity index (χ4v) is 5.50. The van der Waals surface area contributed by atoms with E-state index in [1.807, 2.05) is 46.9 Å². The lowest BCUT2D eigenvalue weighted by molar-refractivity contribution is 0.363. The number of nitrogens with zero attached hydrogens (tertiary/aromatic N) is 1. The van der Waals surface area contributed by atoms with E-state index in [1.54, 1.807) is 12.2 Å². The van der Waals surface area contributed by atoms with Gasteiger partial charge in [-0.05, 0) is 107 Å². The van der Waals surface area contributed by atoms with E-state index < -0.39 is 0 Å². The van der Waals surface area contributed by atoms with Crippen LogP contribution in [0.1, 0.15) is 164 Å². The smallest absolute Gasteiger partial charge is 0.0450 e. The molecule has 0 amide bonds. The quantitative estimate of drug-likeness (QED) is 0.122. The third-order valence-corrected chi connectivity index (χ3v) is 8.98. The number of unbranched alkanes of at least 4 members (excludes halogenated alkanes) is 1. The van der Waals surface area contributed by atoms with Gasteiger partial charge in [0, 0.05) is 18.7 Å². The minimum Gasteiger partial charge on any atom is -0.292 e. The minimum atomic E-state index is 0.552. The van der Waals surface area contributed by atoms with Crippen LogP contribution in [0.25, 0.3) is 0 Å². The van der Waals surface area contributed by atoms with Gasteiger partial charge < -0.3 is 0 Å². The van der Waals surface area contributed by atoms with Crippen LogP contribution in [-0.2, 0) is 0 Å². The molecule has 0 aliphatic heterocycles. The summed E-state index contributed by atoms with van der Waals surface area (Å²) in [6.07, 6.45) is 32.1. The monoisotopic (exact) mass is 738 g/mol. The number of allylic oxidation sites excluding steroid dienone is 13. The predicted molar refractivity (Wildman–Crippen MR) is 253 cm³/mol. The van der Waals surface area contributed by atoms with Crippen LogP contribution in [0.2, 0.25) is 0 Å². The van der Waals surface area contributed by atoms with Gasteiger partial charge in [-0.1, -0.05) is 190 Å². The number of hydrogen-bond acceptors (Lipinski definition) is 1. The summed E-state index contributed by atoms with van der Waals surface area (Å²) in [5.74, 6) is 1.31. The zero-order chi connectivity index (χ0) is 42.0. The van der Waals surface area contributed by atoms with Crippen molar-refractivity contribution in [1.82, 2.24) is 0 Å². The minimum absolute atomic E-state index is 0.552. The summed E-state index contributed by atoms with van der Waals surface area (Å²) in [4.78, 5) is 4.56. The van der Waals surface area contributed by atoms with Crippen LogP contribution in [-0.4, -0.2) is 12.8 Å². The van der Waals surface area contributed by atoms with Gasteiger partial charge >= 0.3 is 0 Å². The Morgan fingerprint density at radius 2 is 1.44 bits per heavy atom. The molecule has 1 aromatic carbocycles. The summed E-state index contributed by atoms with van der Waals surface area (Å²) in [6, 6.07) is 8.62. The van der Waals surface area contributed by atoms with Crippen molar-refractivity contribution < 1.29 is 0 Å². The second-order valence-corrected chi connectivity index (χ2v) is 15.9. The second-order valence-electron chi connectivity index (χ2n) is 15.9. The van der Waals surface area contributed by atoms with Gasteiger partial charge in [-0.2, -0.15) is 0 Å². The molecule has 0 radical (unpaired) electrons. The van der Waals surface area contributed by atoms with Crippen LogP contribution < -0.4 is 0 Å². The molecule has 0 spiro atoms. The molecule has 2 aliphatic carbocycles. The summed E-state index contributed by atoms with van der Waals surface area (Å²) < 4.78 is 0. The van der Waals surface area contributed by atoms with Crippen molar-refractivity contribution in [1.29, 1.82) is 0 Å². The number of aryl methyl sites for hydroxylation is 1. The second kappa shape index (κ2) is 35.3. The number of rotatable bonds is 11. The Bertz CT molecular complexity index is 1320. The summed E-state index contributed by atoms with van der Waals surface area (Å²) >= 11 is 0. The predicted octanol–water partition coefficient (Wildman–Crippen LogP) is 17.5. The average molecular weight is 738 g/mol. The number of benzene rings is 1. The van der Waals surface area contributed by atoms with E-state index in [0.29, 0.717) is 17.3 Å². The summed E-state index contributed by atoms with van der Waals surface area (Å²) in [7, 11) is 1.94. The van der Waals surface area contributed by atoms with Gasteiger partial charge in [0.15, 0.2) is 0 Å². The van der Waals surface area contributed by atoms with Crippen LogP contribution in [0.4, 0.5) is 0 Å². The van der Waals surface area contributed by atoms with Gasteiger partial charge in [0.05, 0.1) is 0 Å². The van der Waals surface area contributed by atoms with E-state index in [-0.39, 0.29) is 0 Å². The molecule has 0 aromatic heterocycles. The van der Waals surface area contributed by atoms with E-state index in [4.69, 9.17) is 0 Å². The van der Waals surface area contributed by atoms with Crippen molar-refractivity contribution in [3.8, 4) is 0 Å². The van der Waals surface area contributed by atoms with Crippen molar-refractivity contribution in [2.45, 2.75) is 160 Å². The fourth-order valence-electron chi connectivity index (χ4n) is 5.50. The van der Waals surface area contributed by atoms with E-state index in [2.05, 4.69) is 142 Å². The Hall–Kier alpha value is -3.45. The van der Waals surface area contributed by atoms with Gasteiger partial charge in [0.25, 0.3) is 0 Å². The lowest BCUT2D eigenvalue weighted by Gasteiger charge is -2.24. The maximum absolute atomic E-state index is 4.56. The van der Waals surface area contributed by atoms with Crippen LogP contribution >= 0.6 is 0 Å². The van der Waals surface area contributed by atoms with E-state index >= 15 is 0 Å². The molecular formula is C53H87N. The maximum Gasteiger partial charge on any atom is 0.0450 e. The normalized spacial score (nSPS) is 15.4. The first-order valence-corrected chi connectivity index (χ1v) is 20.9. The van der Waals surface area contributed by atoms with Crippen LogP contribution in [0.3, 0.4) is 0 Å². The summed E-state index contributed by atoms with van der Waals surface area (Å²) in [5.41, 5.74) is 10.8. The first kappa shape index (κ1) is 54.9. The molecule has 0 N–H and O–H groups in total. The molecule has 1 unspecified atom stereocenters. The Morgan fingerprint density at radius 3 is 1.87 bits per heavy atom. The van der Waals surface area contributed by atoms with E-state index in [1.165, 1.54) is 97.8 Å². The van der Waals surface area contributed by atoms with Gasteiger partial charge in [-0.25, -0.2) is 0 Å². The SMILES string of the molecule is C=C(C)C(=C)/C=C\C=C\C1=CC(CCC)=CCC1C.C=C(C)CC.C=CC.C=CC.CCCCC(C)(C)C.CN=C(c1ccccc1C)C1CCCCC1. The molecule has 54 heavy (non-hydrogen) atoms. The third-order valence-electron chi connectivity index (χ3n) is 8.98. The van der Waals surface area contributed by atoms with Gasteiger partial charge in [0.2, 0.25) is 0 Å². The average Bonchev–Trinajstić information content (AvgIpc) is 3.13. The molecule has 1 fully saturated rings. The molecule has 3 rings (SSSR count). The Labute approximate surface area is 338 Å². The van der Waals surface area contributed by atoms with Crippen molar-refractivity contribution in [3.05, 3.63) is 145 Å². The highest BCUT2D eigenvalue weighted by molar-refractivity contribution is 6.03. The van der Waals surface area contributed by atoms with Crippen molar-refractivity contribution in [3.63, 3.8) is 0 Å². The molecule has 0 saturated heterocycles. The van der Waals surface area contributed by atoms with Crippen LogP contribution in [0, 0.1) is 24.2 Å². The fraction of sp³-hybridized carbons (Fsp3) is 0.528. The molecule has 1 aromatic rings. The molecule has 1 heteroatoms. The molecule has 1 nitrogen and oxygen atoms in total.